The Morgan fingerprint density at radius 3 is 3.00 bits per heavy atom. The van der Waals surface area contributed by atoms with E-state index >= 15 is 0 Å². The fraction of sp³-hybridized carbons (Fsp3) is 0.800. The number of amides is 1. The molecule has 1 aliphatic rings. The first-order chi connectivity index (χ1) is 7.65. The Morgan fingerprint density at radius 2 is 2.38 bits per heavy atom. The van der Waals surface area contributed by atoms with Crippen LogP contribution in [0.1, 0.15) is 19.3 Å². The van der Waals surface area contributed by atoms with Crippen molar-refractivity contribution < 1.29 is 18.3 Å². The van der Waals surface area contributed by atoms with Gasteiger partial charge in [0, 0.05) is 6.54 Å². The Kier molecular flexibility index (Phi) is 5.12. The maximum Gasteiger partial charge on any atom is 0.261 e. The molecule has 1 atom stereocenters. The standard InChI is InChI=1S/C10H14F2N2O2/c11-9(12)7-16-5-3-10(15)14-4-1-2-8(14)6-13/h8-9H,1-5,7H2. The molecule has 1 aliphatic heterocycles. The van der Waals surface area contributed by atoms with Gasteiger partial charge in [0.2, 0.25) is 5.91 Å². The fourth-order valence-electron chi connectivity index (χ4n) is 1.67. The largest absolute Gasteiger partial charge is 0.375 e. The minimum absolute atomic E-state index is 0.0160. The maximum absolute atomic E-state index is 11.7. The molecule has 0 aromatic rings. The highest BCUT2D eigenvalue weighted by molar-refractivity contribution is 5.77. The topological polar surface area (TPSA) is 53.3 Å². The number of likely N-dealkylation sites (tertiary alicyclic amines) is 1. The molecule has 1 amide bonds. The number of hydrogen-bond acceptors (Lipinski definition) is 3. The van der Waals surface area contributed by atoms with E-state index < -0.39 is 13.0 Å². The van der Waals surface area contributed by atoms with Crippen molar-refractivity contribution in [1.29, 1.82) is 5.26 Å². The summed E-state index contributed by atoms with van der Waals surface area (Å²) in [5, 5.41) is 8.76. The second-order valence-corrected chi connectivity index (χ2v) is 3.59. The fourth-order valence-corrected chi connectivity index (χ4v) is 1.67. The van der Waals surface area contributed by atoms with Crippen LogP contribution in [0.4, 0.5) is 8.78 Å². The van der Waals surface area contributed by atoms with Gasteiger partial charge in [0.15, 0.2) is 0 Å². The summed E-state index contributed by atoms with van der Waals surface area (Å²) in [4.78, 5) is 13.1. The van der Waals surface area contributed by atoms with Crippen molar-refractivity contribution in [3.8, 4) is 6.07 Å². The summed E-state index contributed by atoms with van der Waals surface area (Å²) in [7, 11) is 0. The van der Waals surface area contributed by atoms with E-state index in [-0.39, 0.29) is 25.0 Å². The molecule has 4 nitrogen and oxygen atoms in total. The Hall–Kier alpha value is -1.22. The lowest BCUT2D eigenvalue weighted by atomic mass is 10.2. The van der Waals surface area contributed by atoms with Gasteiger partial charge in [-0.15, -0.1) is 0 Å². The second-order valence-electron chi connectivity index (χ2n) is 3.59. The van der Waals surface area contributed by atoms with Crippen LogP contribution in [-0.4, -0.2) is 43.0 Å². The zero-order valence-electron chi connectivity index (χ0n) is 8.86. The van der Waals surface area contributed by atoms with Gasteiger partial charge < -0.3 is 9.64 Å². The van der Waals surface area contributed by atoms with Gasteiger partial charge >= 0.3 is 0 Å². The smallest absolute Gasteiger partial charge is 0.261 e. The summed E-state index contributed by atoms with van der Waals surface area (Å²) < 4.78 is 28.0. The number of carbonyl (C=O) groups is 1. The summed E-state index contributed by atoms with van der Waals surface area (Å²) in [6, 6.07) is 1.69. The van der Waals surface area contributed by atoms with E-state index in [0.29, 0.717) is 13.0 Å². The van der Waals surface area contributed by atoms with Crippen LogP contribution in [-0.2, 0) is 9.53 Å². The van der Waals surface area contributed by atoms with Crippen molar-refractivity contribution >= 4 is 5.91 Å². The second kappa shape index (κ2) is 6.38. The van der Waals surface area contributed by atoms with Gasteiger partial charge in [-0.05, 0) is 12.8 Å². The van der Waals surface area contributed by atoms with Crippen LogP contribution >= 0.6 is 0 Å². The minimum Gasteiger partial charge on any atom is -0.375 e. The molecule has 1 unspecified atom stereocenters. The molecular formula is C10H14F2N2O2. The van der Waals surface area contributed by atoms with Gasteiger partial charge in [-0.25, -0.2) is 8.78 Å². The lowest BCUT2D eigenvalue weighted by Crippen LogP contribution is -2.35. The van der Waals surface area contributed by atoms with Crippen molar-refractivity contribution in [2.45, 2.75) is 31.7 Å². The average molecular weight is 232 g/mol. The molecule has 0 spiro atoms. The minimum atomic E-state index is -2.51. The molecule has 0 radical (unpaired) electrons. The lowest BCUT2D eigenvalue weighted by molar-refractivity contribution is -0.132. The van der Waals surface area contributed by atoms with Gasteiger partial charge in [0.25, 0.3) is 6.43 Å². The molecule has 6 heteroatoms. The van der Waals surface area contributed by atoms with E-state index in [2.05, 4.69) is 4.74 Å². The average Bonchev–Trinajstić information content (AvgIpc) is 2.71. The molecule has 1 saturated heterocycles. The molecule has 0 aliphatic carbocycles. The first-order valence-corrected chi connectivity index (χ1v) is 5.20. The molecule has 0 aromatic heterocycles. The molecule has 0 bridgehead atoms. The van der Waals surface area contributed by atoms with E-state index in [4.69, 9.17) is 5.26 Å². The molecule has 0 N–H and O–H groups in total. The monoisotopic (exact) mass is 232 g/mol. The van der Waals surface area contributed by atoms with Gasteiger partial charge in [0.1, 0.15) is 12.6 Å². The van der Waals surface area contributed by atoms with Crippen molar-refractivity contribution in [3.05, 3.63) is 0 Å². The van der Waals surface area contributed by atoms with Crippen LogP contribution < -0.4 is 0 Å². The molecule has 0 aromatic carbocycles. The first-order valence-electron chi connectivity index (χ1n) is 5.20. The van der Waals surface area contributed by atoms with Crippen LogP contribution in [0.25, 0.3) is 0 Å². The Balaban J connectivity index is 2.22. The van der Waals surface area contributed by atoms with Gasteiger partial charge in [-0.1, -0.05) is 0 Å². The molecule has 16 heavy (non-hydrogen) atoms. The van der Waals surface area contributed by atoms with Crippen LogP contribution in [0.2, 0.25) is 0 Å². The van der Waals surface area contributed by atoms with Gasteiger partial charge in [0.05, 0.1) is 19.1 Å². The third kappa shape index (κ3) is 3.74. The van der Waals surface area contributed by atoms with Crippen LogP contribution in [0.5, 0.6) is 0 Å². The summed E-state index contributed by atoms with van der Waals surface area (Å²) in [6.45, 7) is -0.0846. The Bertz CT molecular complexity index is 278. The predicted octanol–water partition coefficient (Wildman–Crippen LogP) is 1.17. The normalized spacial score (nSPS) is 20.1. The zero-order valence-corrected chi connectivity index (χ0v) is 8.86. The number of carbonyl (C=O) groups excluding carboxylic acids is 1. The van der Waals surface area contributed by atoms with E-state index in [1.807, 2.05) is 6.07 Å². The number of hydrogen-bond donors (Lipinski definition) is 0. The first kappa shape index (κ1) is 12.8. The maximum atomic E-state index is 11.7. The number of alkyl halides is 2. The van der Waals surface area contributed by atoms with Crippen molar-refractivity contribution in [1.82, 2.24) is 4.90 Å². The molecular weight excluding hydrogens is 218 g/mol. The molecule has 0 saturated carbocycles. The third-order valence-corrected chi connectivity index (χ3v) is 2.43. The third-order valence-electron chi connectivity index (χ3n) is 2.43. The quantitative estimate of drug-likeness (QED) is 0.669. The van der Waals surface area contributed by atoms with E-state index in [1.54, 1.807) is 0 Å². The van der Waals surface area contributed by atoms with Crippen LogP contribution in [0.3, 0.4) is 0 Å². The number of rotatable bonds is 5. The van der Waals surface area contributed by atoms with E-state index in [0.717, 1.165) is 6.42 Å². The highest BCUT2D eigenvalue weighted by atomic mass is 19.3. The van der Waals surface area contributed by atoms with Crippen molar-refractivity contribution in [2.24, 2.45) is 0 Å². The molecule has 1 rings (SSSR count). The predicted molar refractivity (Wildman–Crippen MR) is 51.8 cm³/mol. The molecule has 90 valence electrons. The highest BCUT2D eigenvalue weighted by Gasteiger charge is 2.27. The number of halogens is 2. The van der Waals surface area contributed by atoms with Crippen molar-refractivity contribution in [3.63, 3.8) is 0 Å². The SMILES string of the molecule is N#CC1CCCN1C(=O)CCOCC(F)F. The van der Waals surface area contributed by atoms with Crippen molar-refractivity contribution in [2.75, 3.05) is 19.8 Å². The zero-order chi connectivity index (χ0) is 12.0. The molecule has 1 fully saturated rings. The van der Waals surface area contributed by atoms with Crippen LogP contribution in [0.15, 0.2) is 0 Å². The molecule has 1 heterocycles. The number of nitrogens with zero attached hydrogens (tertiary/aromatic N) is 2. The summed E-state index contributed by atoms with van der Waals surface area (Å²) in [6.07, 6.45) is -0.930. The van der Waals surface area contributed by atoms with E-state index in [1.165, 1.54) is 4.90 Å². The summed E-state index contributed by atoms with van der Waals surface area (Å²) in [5.74, 6) is -0.196. The highest BCUT2D eigenvalue weighted by Crippen LogP contribution is 2.17. The summed E-state index contributed by atoms with van der Waals surface area (Å²) >= 11 is 0. The van der Waals surface area contributed by atoms with Gasteiger partial charge in [-0.2, -0.15) is 5.26 Å². The van der Waals surface area contributed by atoms with Gasteiger partial charge in [-0.3, -0.25) is 4.79 Å². The van der Waals surface area contributed by atoms with Crippen LogP contribution in [0, 0.1) is 11.3 Å². The lowest BCUT2D eigenvalue weighted by Gasteiger charge is -2.19. The summed E-state index contributed by atoms with van der Waals surface area (Å²) in [5.41, 5.74) is 0. The number of nitriles is 1. The van der Waals surface area contributed by atoms with E-state index in [9.17, 15) is 13.6 Å². The Morgan fingerprint density at radius 1 is 1.62 bits per heavy atom. The Labute approximate surface area is 92.8 Å². The number of ether oxygens (including phenoxy) is 1.